The minimum absolute atomic E-state index is 0.0992. The van der Waals surface area contributed by atoms with Gasteiger partial charge in [-0.3, -0.25) is 0 Å². The molecule has 0 aromatic rings. The lowest BCUT2D eigenvalue weighted by Crippen LogP contribution is -2.40. The van der Waals surface area contributed by atoms with Crippen LogP contribution in [0.1, 0.15) is 32.6 Å². The Labute approximate surface area is 106 Å². The highest BCUT2D eigenvalue weighted by atomic mass is 19.4. The lowest BCUT2D eigenvalue weighted by Gasteiger charge is -2.26. The molecule has 6 heteroatoms. The molecule has 1 saturated heterocycles. The van der Waals surface area contributed by atoms with Gasteiger partial charge in [0.1, 0.15) is 6.61 Å². The van der Waals surface area contributed by atoms with Gasteiger partial charge in [0.2, 0.25) is 0 Å². The lowest BCUT2D eigenvalue weighted by molar-refractivity contribution is -0.173. The summed E-state index contributed by atoms with van der Waals surface area (Å²) in [7, 11) is 0. The highest BCUT2D eigenvalue weighted by molar-refractivity contribution is 4.76. The third kappa shape index (κ3) is 7.89. The average Bonchev–Trinajstić information content (AvgIpc) is 2.28. The van der Waals surface area contributed by atoms with Crippen molar-refractivity contribution in [1.29, 1.82) is 0 Å². The van der Waals surface area contributed by atoms with Gasteiger partial charge in [0.25, 0.3) is 0 Å². The summed E-state index contributed by atoms with van der Waals surface area (Å²) in [6.45, 7) is 2.53. The number of halogens is 3. The van der Waals surface area contributed by atoms with E-state index in [0.717, 1.165) is 13.0 Å². The number of nitrogens with one attached hydrogen (secondary N) is 2. The van der Waals surface area contributed by atoms with Crippen LogP contribution in [0.3, 0.4) is 0 Å². The lowest BCUT2D eigenvalue weighted by atomic mass is 9.99. The fourth-order valence-corrected chi connectivity index (χ4v) is 2.20. The van der Waals surface area contributed by atoms with Gasteiger partial charge < -0.3 is 15.4 Å². The Hall–Kier alpha value is -0.330. The van der Waals surface area contributed by atoms with Gasteiger partial charge in [0, 0.05) is 18.6 Å². The molecule has 0 radical (unpaired) electrons. The maximum atomic E-state index is 11.8. The van der Waals surface area contributed by atoms with E-state index in [4.69, 9.17) is 0 Å². The third-order valence-electron chi connectivity index (χ3n) is 3.06. The summed E-state index contributed by atoms with van der Waals surface area (Å²) in [6.07, 6.45) is 0.482. The summed E-state index contributed by atoms with van der Waals surface area (Å²) < 4.78 is 39.9. The normalized spacial score (nSPS) is 23.0. The van der Waals surface area contributed by atoms with Crippen LogP contribution in [0.25, 0.3) is 0 Å². The predicted octanol–water partition coefficient (Wildman–Crippen LogP) is 2.08. The Morgan fingerprint density at radius 3 is 2.78 bits per heavy atom. The molecule has 0 saturated carbocycles. The van der Waals surface area contributed by atoms with Crippen molar-refractivity contribution in [3.05, 3.63) is 0 Å². The van der Waals surface area contributed by atoms with Gasteiger partial charge in [-0.05, 0) is 32.7 Å². The minimum Gasteiger partial charge on any atom is -0.371 e. The second-order valence-electron chi connectivity index (χ2n) is 4.91. The largest absolute Gasteiger partial charge is 0.411 e. The fourth-order valence-electron chi connectivity index (χ4n) is 2.20. The van der Waals surface area contributed by atoms with E-state index in [2.05, 4.69) is 22.3 Å². The summed E-state index contributed by atoms with van der Waals surface area (Å²) in [5, 5.41) is 6.64. The van der Waals surface area contributed by atoms with Crippen LogP contribution in [0.2, 0.25) is 0 Å². The second-order valence-corrected chi connectivity index (χ2v) is 4.91. The smallest absolute Gasteiger partial charge is 0.371 e. The molecule has 18 heavy (non-hydrogen) atoms. The van der Waals surface area contributed by atoms with Gasteiger partial charge in [-0.1, -0.05) is 6.42 Å². The highest BCUT2D eigenvalue weighted by Gasteiger charge is 2.27. The van der Waals surface area contributed by atoms with Gasteiger partial charge in [0.05, 0.1) is 6.61 Å². The van der Waals surface area contributed by atoms with Crippen molar-refractivity contribution in [3.8, 4) is 0 Å². The molecule has 0 aliphatic carbocycles. The number of hydrogen-bond donors (Lipinski definition) is 2. The molecule has 0 aromatic heterocycles. The summed E-state index contributed by atoms with van der Waals surface area (Å²) in [5.41, 5.74) is 0. The second kappa shape index (κ2) is 7.96. The summed E-state index contributed by atoms with van der Waals surface area (Å²) in [5.74, 6) is 0. The Morgan fingerprint density at radius 2 is 2.17 bits per heavy atom. The molecule has 3 nitrogen and oxygen atoms in total. The Morgan fingerprint density at radius 1 is 1.39 bits per heavy atom. The monoisotopic (exact) mass is 268 g/mol. The van der Waals surface area contributed by atoms with Crippen LogP contribution in [0.4, 0.5) is 13.2 Å². The van der Waals surface area contributed by atoms with Crippen LogP contribution in [0.15, 0.2) is 0 Å². The first-order valence-electron chi connectivity index (χ1n) is 6.58. The fraction of sp³-hybridized carbons (Fsp3) is 1.00. The molecular formula is C12H23F3N2O. The Kier molecular flexibility index (Phi) is 6.96. The van der Waals surface area contributed by atoms with Crippen LogP contribution in [-0.4, -0.2) is 44.6 Å². The van der Waals surface area contributed by atoms with Crippen LogP contribution in [-0.2, 0) is 4.74 Å². The number of piperidine rings is 1. The first-order valence-corrected chi connectivity index (χ1v) is 6.58. The van der Waals surface area contributed by atoms with Crippen LogP contribution < -0.4 is 10.6 Å². The molecule has 1 fully saturated rings. The molecule has 0 aromatic carbocycles. The maximum absolute atomic E-state index is 11.8. The molecule has 0 bridgehead atoms. The van der Waals surface area contributed by atoms with Crippen LogP contribution >= 0.6 is 0 Å². The molecule has 1 aliphatic rings. The van der Waals surface area contributed by atoms with Crippen LogP contribution in [0, 0.1) is 0 Å². The zero-order chi connectivity index (χ0) is 13.4. The van der Waals surface area contributed by atoms with Gasteiger partial charge in [0.15, 0.2) is 0 Å². The van der Waals surface area contributed by atoms with E-state index >= 15 is 0 Å². The summed E-state index contributed by atoms with van der Waals surface area (Å²) >= 11 is 0. The first kappa shape index (κ1) is 15.7. The van der Waals surface area contributed by atoms with Crippen molar-refractivity contribution in [2.75, 3.05) is 26.3 Å². The van der Waals surface area contributed by atoms with Crippen molar-refractivity contribution in [2.24, 2.45) is 0 Å². The standard InChI is InChI=1S/C12H23F3N2O/c1-10(8-11-4-2-3-5-17-11)16-6-7-18-9-12(13,14)15/h10-11,16-17H,2-9H2,1H3. The highest BCUT2D eigenvalue weighted by Crippen LogP contribution is 2.14. The van der Waals surface area contributed by atoms with Crippen molar-refractivity contribution in [3.63, 3.8) is 0 Å². The topological polar surface area (TPSA) is 33.3 Å². The number of hydrogen-bond acceptors (Lipinski definition) is 3. The van der Waals surface area contributed by atoms with Crippen molar-refractivity contribution in [1.82, 2.24) is 10.6 Å². The first-order chi connectivity index (χ1) is 8.47. The molecule has 1 rings (SSSR count). The molecule has 0 amide bonds. The molecule has 2 atom stereocenters. The zero-order valence-electron chi connectivity index (χ0n) is 10.9. The number of rotatable bonds is 7. The van der Waals surface area contributed by atoms with E-state index in [1.165, 1.54) is 19.3 Å². The SMILES string of the molecule is CC(CC1CCCCN1)NCCOCC(F)(F)F. The minimum atomic E-state index is -4.22. The number of ether oxygens (including phenoxy) is 1. The molecule has 2 unspecified atom stereocenters. The average molecular weight is 268 g/mol. The Balaban J connectivity index is 1.97. The summed E-state index contributed by atoms with van der Waals surface area (Å²) in [4.78, 5) is 0. The van der Waals surface area contributed by atoms with E-state index in [-0.39, 0.29) is 6.61 Å². The quantitative estimate of drug-likeness (QED) is 0.694. The zero-order valence-corrected chi connectivity index (χ0v) is 10.9. The van der Waals surface area contributed by atoms with Crippen molar-refractivity contribution >= 4 is 0 Å². The van der Waals surface area contributed by atoms with Crippen molar-refractivity contribution in [2.45, 2.75) is 50.9 Å². The van der Waals surface area contributed by atoms with E-state index in [0.29, 0.717) is 18.6 Å². The van der Waals surface area contributed by atoms with E-state index in [1.54, 1.807) is 0 Å². The van der Waals surface area contributed by atoms with Gasteiger partial charge in [-0.2, -0.15) is 13.2 Å². The van der Waals surface area contributed by atoms with Crippen LogP contribution in [0.5, 0.6) is 0 Å². The molecule has 2 N–H and O–H groups in total. The van der Waals surface area contributed by atoms with E-state index < -0.39 is 12.8 Å². The third-order valence-corrected chi connectivity index (χ3v) is 3.06. The molecule has 1 aliphatic heterocycles. The Bertz CT molecular complexity index is 218. The molecule has 0 spiro atoms. The maximum Gasteiger partial charge on any atom is 0.411 e. The molecule has 1 heterocycles. The molecular weight excluding hydrogens is 245 g/mol. The van der Waals surface area contributed by atoms with Gasteiger partial charge >= 0.3 is 6.18 Å². The van der Waals surface area contributed by atoms with Gasteiger partial charge in [-0.25, -0.2) is 0 Å². The predicted molar refractivity (Wildman–Crippen MR) is 64.6 cm³/mol. The number of alkyl halides is 3. The van der Waals surface area contributed by atoms with E-state index in [9.17, 15) is 13.2 Å². The van der Waals surface area contributed by atoms with Crippen molar-refractivity contribution < 1.29 is 17.9 Å². The van der Waals surface area contributed by atoms with Gasteiger partial charge in [-0.15, -0.1) is 0 Å². The van der Waals surface area contributed by atoms with E-state index in [1.807, 2.05) is 0 Å². The summed E-state index contributed by atoms with van der Waals surface area (Å²) in [6, 6.07) is 0.840. The molecule has 108 valence electrons.